The van der Waals surface area contributed by atoms with Crippen LogP contribution in [0.5, 0.6) is 0 Å². The molecular weight excluding hydrogens is 420 g/mol. The maximum absolute atomic E-state index is 10.2. The summed E-state index contributed by atoms with van der Waals surface area (Å²) in [7, 11) is 0. The van der Waals surface area contributed by atoms with E-state index in [0.29, 0.717) is 0 Å². The summed E-state index contributed by atoms with van der Waals surface area (Å²) in [4.78, 5) is 9.98. The van der Waals surface area contributed by atoms with Crippen LogP contribution in [-0.2, 0) is 19.4 Å². The van der Waals surface area contributed by atoms with Crippen LogP contribution in [-0.4, -0.2) is 53.6 Å². The zero-order valence-corrected chi connectivity index (χ0v) is 18.8. The number of anilines is 1. The molecule has 4 heterocycles. The van der Waals surface area contributed by atoms with Crippen LogP contribution in [0.3, 0.4) is 0 Å². The number of rotatable bonds is 4. The number of benzene rings is 2. The molecule has 0 saturated carbocycles. The van der Waals surface area contributed by atoms with E-state index in [4.69, 9.17) is 4.98 Å². The summed E-state index contributed by atoms with van der Waals surface area (Å²) in [5.41, 5.74) is 7.48. The van der Waals surface area contributed by atoms with E-state index in [0.717, 1.165) is 80.9 Å². The first kappa shape index (κ1) is 22.4. The maximum Gasteiger partial charge on any atom is 0.157 e. The Kier molecular flexibility index (Phi) is 6.23. The van der Waals surface area contributed by atoms with E-state index in [1.54, 1.807) is 0 Å². The van der Waals surface area contributed by atoms with Gasteiger partial charge in [-0.3, -0.25) is 9.30 Å². The fraction of sp³-hybridized carbons (Fsp3) is 0.357. The molecular formula is C28H32N6. The van der Waals surface area contributed by atoms with Crippen LogP contribution in [0.4, 0.5) is 5.82 Å². The lowest BCUT2D eigenvalue weighted by molar-refractivity contribution is 0.257. The average Bonchev–Trinajstić information content (AvgIpc) is 3.26. The van der Waals surface area contributed by atoms with E-state index < -0.39 is 0 Å². The molecule has 174 valence electrons. The number of piperazine rings is 1. The zero-order valence-electron chi connectivity index (χ0n) is 18.8. The van der Waals surface area contributed by atoms with Gasteiger partial charge in [-0.1, -0.05) is 49.9 Å². The van der Waals surface area contributed by atoms with Crippen molar-refractivity contribution >= 4 is 22.5 Å². The van der Waals surface area contributed by atoms with Crippen molar-refractivity contribution in [3.05, 3.63) is 76.9 Å². The number of nitriles is 1. The van der Waals surface area contributed by atoms with E-state index in [1.807, 2.05) is 6.07 Å². The highest BCUT2D eigenvalue weighted by Gasteiger charge is 2.30. The van der Waals surface area contributed by atoms with Crippen molar-refractivity contribution in [2.75, 3.05) is 44.2 Å². The number of fused-ring (bicyclic) bond motifs is 4. The standard InChI is InChI=1S/C27H28N6.CH4/c28-18-22-21-11-15-31(14-10-20-6-2-1-3-7-20)19-23(21)27(32-16-12-29-13-17-32)33-25-9-5-4-8-24(25)30-26(22)33;/h1-9,29H,10-17,19H2;1H4. The second-order valence-electron chi connectivity index (χ2n) is 9.03. The quantitative estimate of drug-likeness (QED) is 0.507. The molecule has 34 heavy (non-hydrogen) atoms. The Labute approximate surface area is 201 Å². The van der Waals surface area contributed by atoms with Crippen molar-refractivity contribution in [1.29, 1.82) is 5.26 Å². The number of para-hydroxylation sites is 2. The Morgan fingerprint density at radius 1 is 0.941 bits per heavy atom. The number of hydrogen-bond acceptors (Lipinski definition) is 5. The molecule has 2 aliphatic heterocycles. The van der Waals surface area contributed by atoms with Gasteiger partial charge in [-0.15, -0.1) is 0 Å². The molecule has 2 aromatic heterocycles. The first-order valence-corrected chi connectivity index (χ1v) is 11.9. The van der Waals surface area contributed by atoms with Gasteiger partial charge < -0.3 is 10.2 Å². The van der Waals surface area contributed by atoms with E-state index >= 15 is 0 Å². The first-order valence-electron chi connectivity index (χ1n) is 11.9. The number of nitrogens with one attached hydrogen (secondary N) is 1. The Bertz CT molecular complexity index is 1340. The van der Waals surface area contributed by atoms with Crippen molar-refractivity contribution in [2.24, 2.45) is 0 Å². The molecule has 0 bridgehead atoms. The molecule has 1 N–H and O–H groups in total. The van der Waals surface area contributed by atoms with Crippen molar-refractivity contribution in [1.82, 2.24) is 19.6 Å². The highest BCUT2D eigenvalue weighted by molar-refractivity contribution is 5.86. The topological polar surface area (TPSA) is 59.6 Å². The lowest BCUT2D eigenvalue weighted by atomic mass is 9.95. The third-order valence-electron chi connectivity index (χ3n) is 7.08. The molecule has 1 saturated heterocycles. The van der Waals surface area contributed by atoms with Crippen molar-refractivity contribution in [3.8, 4) is 6.07 Å². The second kappa shape index (κ2) is 9.46. The molecule has 1 fully saturated rings. The lowest BCUT2D eigenvalue weighted by Gasteiger charge is -2.37. The fourth-order valence-corrected chi connectivity index (χ4v) is 5.43. The summed E-state index contributed by atoms with van der Waals surface area (Å²) in [5.74, 6) is 1.23. The molecule has 2 aromatic carbocycles. The van der Waals surface area contributed by atoms with Gasteiger partial charge in [-0.05, 0) is 36.1 Å². The monoisotopic (exact) mass is 452 g/mol. The van der Waals surface area contributed by atoms with Crippen LogP contribution in [0, 0.1) is 11.3 Å². The Morgan fingerprint density at radius 2 is 1.71 bits per heavy atom. The number of hydrogen-bond donors (Lipinski definition) is 1. The van der Waals surface area contributed by atoms with Crippen LogP contribution in [0.2, 0.25) is 0 Å². The lowest BCUT2D eigenvalue weighted by Crippen LogP contribution is -2.45. The predicted molar refractivity (Wildman–Crippen MR) is 138 cm³/mol. The summed E-state index contributed by atoms with van der Waals surface area (Å²) in [6.07, 6.45) is 1.94. The smallest absolute Gasteiger partial charge is 0.157 e. The van der Waals surface area contributed by atoms with Gasteiger partial charge in [0.2, 0.25) is 0 Å². The SMILES string of the molecule is C.N#Cc1c2c(c(N3CCNCC3)n3c1nc1ccccc13)CN(CCc1ccccc1)CC2. The molecule has 4 aromatic rings. The minimum Gasteiger partial charge on any atom is -0.355 e. The number of pyridine rings is 1. The minimum absolute atomic E-state index is 0. The van der Waals surface area contributed by atoms with Gasteiger partial charge >= 0.3 is 0 Å². The summed E-state index contributed by atoms with van der Waals surface area (Å²) in [5, 5.41) is 13.7. The highest BCUT2D eigenvalue weighted by Crippen LogP contribution is 2.36. The van der Waals surface area contributed by atoms with Gasteiger partial charge in [-0.25, -0.2) is 4.98 Å². The highest BCUT2D eigenvalue weighted by atomic mass is 15.3. The van der Waals surface area contributed by atoms with Crippen molar-refractivity contribution in [3.63, 3.8) is 0 Å². The molecule has 0 spiro atoms. The van der Waals surface area contributed by atoms with Crippen LogP contribution >= 0.6 is 0 Å². The molecule has 0 atom stereocenters. The third kappa shape index (κ3) is 3.81. The molecule has 0 radical (unpaired) electrons. The predicted octanol–water partition coefficient (Wildman–Crippen LogP) is 4.01. The van der Waals surface area contributed by atoms with Gasteiger partial charge in [0, 0.05) is 51.4 Å². The van der Waals surface area contributed by atoms with Gasteiger partial charge in [-0.2, -0.15) is 5.26 Å². The molecule has 0 aliphatic carbocycles. The van der Waals surface area contributed by atoms with Gasteiger partial charge in [0.1, 0.15) is 11.9 Å². The zero-order chi connectivity index (χ0) is 22.2. The Balaban J connectivity index is 0.00000241. The van der Waals surface area contributed by atoms with Crippen LogP contribution in [0.25, 0.3) is 16.7 Å². The van der Waals surface area contributed by atoms with E-state index in [-0.39, 0.29) is 7.43 Å². The van der Waals surface area contributed by atoms with E-state index in [1.165, 1.54) is 22.5 Å². The Hall–Kier alpha value is -3.40. The molecule has 0 amide bonds. The molecule has 6 nitrogen and oxygen atoms in total. The van der Waals surface area contributed by atoms with Gasteiger partial charge in [0.05, 0.1) is 16.6 Å². The number of aromatic nitrogens is 2. The minimum atomic E-state index is 0. The molecule has 6 heteroatoms. The van der Waals surface area contributed by atoms with Crippen molar-refractivity contribution in [2.45, 2.75) is 26.8 Å². The summed E-state index contributed by atoms with van der Waals surface area (Å²) >= 11 is 0. The third-order valence-corrected chi connectivity index (χ3v) is 7.08. The number of nitrogens with zero attached hydrogens (tertiary/aromatic N) is 5. The summed E-state index contributed by atoms with van der Waals surface area (Å²) in [6.45, 7) is 6.74. The normalized spacial score (nSPS) is 16.3. The largest absolute Gasteiger partial charge is 0.355 e. The van der Waals surface area contributed by atoms with E-state index in [2.05, 4.69) is 74.1 Å². The van der Waals surface area contributed by atoms with Gasteiger partial charge in [0.25, 0.3) is 0 Å². The van der Waals surface area contributed by atoms with Crippen LogP contribution in [0.15, 0.2) is 54.6 Å². The maximum atomic E-state index is 10.2. The first-order chi connectivity index (χ1) is 16.3. The second-order valence-corrected chi connectivity index (χ2v) is 9.03. The summed E-state index contributed by atoms with van der Waals surface area (Å²) in [6, 6.07) is 21.5. The Morgan fingerprint density at radius 3 is 2.50 bits per heavy atom. The summed E-state index contributed by atoms with van der Waals surface area (Å²) < 4.78 is 2.26. The molecule has 0 unspecified atom stereocenters. The van der Waals surface area contributed by atoms with Crippen LogP contribution in [0.1, 0.15) is 29.7 Å². The number of imidazole rings is 1. The molecule has 6 rings (SSSR count). The van der Waals surface area contributed by atoms with E-state index in [9.17, 15) is 5.26 Å². The fourth-order valence-electron chi connectivity index (χ4n) is 5.43. The molecule has 2 aliphatic rings. The van der Waals surface area contributed by atoms with Crippen molar-refractivity contribution < 1.29 is 0 Å². The van der Waals surface area contributed by atoms with Crippen LogP contribution < -0.4 is 10.2 Å². The average molecular weight is 453 g/mol. The van der Waals surface area contributed by atoms with Gasteiger partial charge in [0.15, 0.2) is 5.65 Å².